The number of carbonyl (C=O) groups is 1. The van der Waals surface area contributed by atoms with Gasteiger partial charge in [-0.1, -0.05) is 0 Å². The first-order valence-corrected chi connectivity index (χ1v) is 5.48. The van der Waals surface area contributed by atoms with Crippen LogP contribution in [0.1, 0.15) is 26.5 Å². The maximum absolute atomic E-state index is 10.5. The first-order chi connectivity index (χ1) is 7.87. The fourth-order valence-corrected chi connectivity index (χ4v) is 1.11. The summed E-state index contributed by atoms with van der Waals surface area (Å²) in [6, 6.07) is 3.63. The highest BCUT2D eigenvalue weighted by molar-refractivity contribution is 5.75. The van der Waals surface area contributed by atoms with E-state index >= 15 is 0 Å². The summed E-state index contributed by atoms with van der Waals surface area (Å²) < 4.78 is 5.11. The average Bonchev–Trinajstić information content (AvgIpc) is 2.24. The molecular weight excluding hydrogens is 218 g/mol. The molecule has 0 aliphatic carbocycles. The van der Waals surface area contributed by atoms with Crippen molar-refractivity contribution in [2.75, 3.05) is 6.61 Å². The number of pyridine rings is 1. The average molecular weight is 237 g/mol. The predicted octanol–water partition coefficient (Wildman–Crippen LogP) is 0.834. The van der Waals surface area contributed by atoms with Crippen molar-refractivity contribution in [2.24, 2.45) is 5.73 Å². The maximum atomic E-state index is 10.5. The van der Waals surface area contributed by atoms with Crippen LogP contribution in [0.15, 0.2) is 18.3 Å². The number of nitrogens with zero attached hydrogens (tertiary/aromatic N) is 1. The third-order valence-electron chi connectivity index (χ3n) is 1.98. The smallest absolute Gasteiger partial charge is 0.255 e. The Morgan fingerprint density at radius 3 is 2.65 bits per heavy atom. The minimum atomic E-state index is -0.497. The van der Waals surface area contributed by atoms with Crippen LogP contribution in [0.25, 0.3) is 0 Å². The Hall–Kier alpha value is -1.62. The molecule has 94 valence electrons. The quantitative estimate of drug-likeness (QED) is 0.795. The number of aromatic nitrogens is 1. The Kier molecular flexibility index (Phi) is 4.45. The van der Waals surface area contributed by atoms with Crippen LogP contribution in [0.3, 0.4) is 0 Å². The number of amides is 1. The summed E-state index contributed by atoms with van der Waals surface area (Å²) in [7, 11) is 0. The van der Waals surface area contributed by atoms with Crippen LogP contribution in [0, 0.1) is 0 Å². The molecule has 0 aromatic carbocycles. The van der Waals surface area contributed by atoms with Gasteiger partial charge in [-0.15, -0.1) is 0 Å². The van der Waals surface area contributed by atoms with E-state index in [1.54, 1.807) is 12.3 Å². The number of ether oxygens (including phenoxy) is 1. The summed E-state index contributed by atoms with van der Waals surface area (Å²) in [4.78, 5) is 14.7. The van der Waals surface area contributed by atoms with Crippen LogP contribution >= 0.6 is 0 Å². The van der Waals surface area contributed by atoms with Gasteiger partial charge in [-0.05, 0) is 32.9 Å². The van der Waals surface area contributed by atoms with Crippen molar-refractivity contribution >= 4 is 5.91 Å². The number of hydrogen-bond donors (Lipinski definition) is 2. The summed E-state index contributed by atoms with van der Waals surface area (Å²) in [5.74, 6) is 0.0479. The highest BCUT2D eigenvalue weighted by Crippen LogP contribution is 2.09. The molecule has 0 unspecified atom stereocenters. The Bertz CT molecular complexity index is 368. The van der Waals surface area contributed by atoms with Crippen molar-refractivity contribution in [3.05, 3.63) is 24.0 Å². The van der Waals surface area contributed by atoms with E-state index in [0.717, 1.165) is 5.69 Å². The van der Waals surface area contributed by atoms with E-state index < -0.39 is 5.91 Å². The highest BCUT2D eigenvalue weighted by Gasteiger charge is 2.08. The van der Waals surface area contributed by atoms with Crippen LogP contribution < -0.4 is 15.8 Å². The second-order valence-corrected chi connectivity index (χ2v) is 4.84. The minimum Gasteiger partial charge on any atom is -0.482 e. The zero-order chi connectivity index (χ0) is 12.9. The molecule has 5 nitrogen and oxygen atoms in total. The number of nitrogens with one attached hydrogen (secondary N) is 1. The first kappa shape index (κ1) is 13.4. The molecule has 0 atom stereocenters. The van der Waals surface area contributed by atoms with Gasteiger partial charge in [-0.25, -0.2) is 0 Å². The molecule has 1 amide bonds. The molecule has 17 heavy (non-hydrogen) atoms. The molecule has 0 spiro atoms. The van der Waals surface area contributed by atoms with Crippen molar-refractivity contribution in [3.63, 3.8) is 0 Å². The molecule has 5 heteroatoms. The summed E-state index contributed by atoms with van der Waals surface area (Å²) in [6.07, 6.45) is 1.59. The lowest BCUT2D eigenvalue weighted by atomic mass is 10.1. The molecule has 0 saturated carbocycles. The van der Waals surface area contributed by atoms with Gasteiger partial charge in [0.1, 0.15) is 5.75 Å². The summed E-state index contributed by atoms with van der Waals surface area (Å²) in [6.45, 7) is 6.85. The zero-order valence-electron chi connectivity index (χ0n) is 10.5. The summed E-state index contributed by atoms with van der Waals surface area (Å²) >= 11 is 0. The molecule has 0 fully saturated rings. The maximum Gasteiger partial charge on any atom is 0.255 e. The largest absolute Gasteiger partial charge is 0.482 e. The van der Waals surface area contributed by atoms with E-state index in [-0.39, 0.29) is 12.1 Å². The van der Waals surface area contributed by atoms with Gasteiger partial charge in [0.25, 0.3) is 5.91 Å². The Labute approximate surface area is 101 Å². The van der Waals surface area contributed by atoms with Crippen LogP contribution in [0.2, 0.25) is 0 Å². The Morgan fingerprint density at radius 1 is 1.47 bits per heavy atom. The lowest BCUT2D eigenvalue weighted by Gasteiger charge is -2.20. The lowest BCUT2D eigenvalue weighted by Crippen LogP contribution is -2.35. The van der Waals surface area contributed by atoms with Crippen LogP contribution in [-0.4, -0.2) is 23.0 Å². The standard InChI is InChI=1S/C12H19N3O2/c1-12(2,3)15-6-9-4-5-10(7-14-9)17-8-11(13)16/h4-5,7,15H,6,8H2,1-3H3,(H2,13,16). The second kappa shape index (κ2) is 5.63. The van der Waals surface area contributed by atoms with Gasteiger partial charge < -0.3 is 15.8 Å². The van der Waals surface area contributed by atoms with E-state index in [2.05, 4.69) is 31.1 Å². The van der Waals surface area contributed by atoms with Gasteiger partial charge in [0.05, 0.1) is 11.9 Å². The van der Waals surface area contributed by atoms with Gasteiger partial charge in [0.15, 0.2) is 6.61 Å². The minimum absolute atomic E-state index is 0.0584. The molecule has 1 aromatic rings. The van der Waals surface area contributed by atoms with Gasteiger partial charge in [-0.2, -0.15) is 0 Å². The number of hydrogen-bond acceptors (Lipinski definition) is 4. The summed E-state index contributed by atoms with van der Waals surface area (Å²) in [5, 5.41) is 3.33. The number of nitrogens with two attached hydrogens (primary N) is 1. The van der Waals surface area contributed by atoms with E-state index in [0.29, 0.717) is 12.3 Å². The summed E-state index contributed by atoms with van der Waals surface area (Å²) in [5.41, 5.74) is 5.95. The molecule has 0 aliphatic heterocycles. The SMILES string of the molecule is CC(C)(C)NCc1ccc(OCC(N)=O)cn1. The van der Waals surface area contributed by atoms with E-state index in [1.165, 1.54) is 0 Å². The predicted molar refractivity (Wildman–Crippen MR) is 65.5 cm³/mol. The van der Waals surface area contributed by atoms with E-state index in [1.807, 2.05) is 6.07 Å². The lowest BCUT2D eigenvalue weighted by molar-refractivity contribution is -0.119. The Morgan fingerprint density at radius 2 is 2.18 bits per heavy atom. The van der Waals surface area contributed by atoms with Crippen LogP contribution in [-0.2, 0) is 11.3 Å². The topological polar surface area (TPSA) is 77.2 Å². The molecule has 0 radical (unpaired) electrons. The molecule has 1 heterocycles. The monoisotopic (exact) mass is 237 g/mol. The fourth-order valence-electron chi connectivity index (χ4n) is 1.11. The Balaban J connectivity index is 2.47. The molecular formula is C12H19N3O2. The molecule has 3 N–H and O–H groups in total. The normalized spacial score (nSPS) is 11.2. The molecule has 0 aliphatic rings. The number of carbonyl (C=O) groups excluding carboxylic acids is 1. The zero-order valence-corrected chi connectivity index (χ0v) is 10.5. The van der Waals surface area contributed by atoms with Crippen LogP contribution in [0.4, 0.5) is 0 Å². The molecule has 0 saturated heterocycles. The van der Waals surface area contributed by atoms with Gasteiger partial charge >= 0.3 is 0 Å². The van der Waals surface area contributed by atoms with Gasteiger partial charge in [0.2, 0.25) is 0 Å². The first-order valence-electron chi connectivity index (χ1n) is 5.48. The molecule has 1 rings (SSSR count). The van der Waals surface area contributed by atoms with Crippen molar-refractivity contribution < 1.29 is 9.53 Å². The number of primary amides is 1. The van der Waals surface area contributed by atoms with Gasteiger partial charge in [0, 0.05) is 12.1 Å². The third-order valence-corrected chi connectivity index (χ3v) is 1.98. The van der Waals surface area contributed by atoms with Gasteiger partial charge in [-0.3, -0.25) is 9.78 Å². The van der Waals surface area contributed by atoms with Crippen molar-refractivity contribution in [3.8, 4) is 5.75 Å². The van der Waals surface area contributed by atoms with Crippen molar-refractivity contribution in [1.29, 1.82) is 0 Å². The van der Waals surface area contributed by atoms with Crippen LogP contribution in [0.5, 0.6) is 5.75 Å². The van der Waals surface area contributed by atoms with E-state index in [4.69, 9.17) is 10.5 Å². The second-order valence-electron chi connectivity index (χ2n) is 4.84. The molecule has 0 bridgehead atoms. The highest BCUT2D eigenvalue weighted by atomic mass is 16.5. The number of rotatable bonds is 5. The fraction of sp³-hybridized carbons (Fsp3) is 0.500. The van der Waals surface area contributed by atoms with E-state index in [9.17, 15) is 4.79 Å². The molecule has 1 aromatic heterocycles. The third kappa shape index (κ3) is 5.87. The van der Waals surface area contributed by atoms with Crippen molar-refractivity contribution in [2.45, 2.75) is 32.9 Å². The van der Waals surface area contributed by atoms with Crippen molar-refractivity contribution in [1.82, 2.24) is 10.3 Å².